The zero-order valence-electron chi connectivity index (χ0n) is 10.1. The number of carbonyl (C=O) groups is 1. The van der Waals surface area contributed by atoms with Crippen LogP contribution in [0.5, 0.6) is 0 Å². The molecular weight excluding hydrogens is 272 g/mol. The first-order chi connectivity index (χ1) is 8.35. The van der Waals surface area contributed by atoms with E-state index in [2.05, 4.69) is 10.3 Å². The fraction of sp³-hybridized carbons (Fsp3) is 0.455. The van der Waals surface area contributed by atoms with Crippen LogP contribution in [0.2, 0.25) is 0 Å². The molecular formula is C11H14N2O3S2. The first kappa shape index (κ1) is 13.2. The van der Waals surface area contributed by atoms with Crippen LogP contribution in [0.1, 0.15) is 15.6 Å². The van der Waals surface area contributed by atoms with Crippen LogP contribution >= 0.6 is 11.3 Å². The molecule has 0 aromatic carbocycles. The molecule has 1 N–H and O–H groups in total. The van der Waals surface area contributed by atoms with E-state index in [1.165, 1.54) is 17.4 Å². The number of aromatic nitrogens is 1. The summed E-state index contributed by atoms with van der Waals surface area (Å²) in [6.45, 7) is 3.76. The maximum Gasteiger partial charge on any atom is 0.225 e. The van der Waals surface area contributed by atoms with Gasteiger partial charge in [-0.2, -0.15) is 0 Å². The van der Waals surface area contributed by atoms with Gasteiger partial charge in [-0.05, 0) is 19.9 Å². The monoisotopic (exact) mass is 286 g/mol. The molecule has 1 aromatic heterocycles. The van der Waals surface area contributed by atoms with E-state index in [1.54, 1.807) is 0 Å². The van der Waals surface area contributed by atoms with Gasteiger partial charge in [0, 0.05) is 10.3 Å². The number of rotatable bonds is 3. The summed E-state index contributed by atoms with van der Waals surface area (Å²) in [5.41, 5.74) is 0.863. The number of thiazole rings is 1. The lowest BCUT2D eigenvalue weighted by Crippen LogP contribution is -2.36. The van der Waals surface area contributed by atoms with E-state index in [0.717, 1.165) is 21.0 Å². The van der Waals surface area contributed by atoms with Gasteiger partial charge in [0.05, 0.1) is 28.9 Å². The Morgan fingerprint density at radius 2 is 2.28 bits per heavy atom. The van der Waals surface area contributed by atoms with Crippen molar-refractivity contribution in [2.45, 2.75) is 26.3 Å². The highest BCUT2D eigenvalue weighted by molar-refractivity contribution is 7.94. The SMILES string of the molecule is Cc1nc(C)c(CC(=O)N[C@H]2C=CS(=O)(=O)C2)s1. The minimum atomic E-state index is -3.12. The molecule has 0 aliphatic carbocycles. The van der Waals surface area contributed by atoms with Crippen LogP contribution in [-0.4, -0.2) is 31.1 Å². The number of hydrogen-bond donors (Lipinski definition) is 1. The quantitative estimate of drug-likeness (QED) is 0.888. The summed E-state index contributed by atoms with van der Waals surface area (Å²) in [4.78, 5) is 17.0. The number of nitrogens with one attached hydrogen (secondary N) is 1. The topological polar surface area (TPSA) is 76.1 Å². The Morgan fingerprint density at radius 1 is 1.56 bits per heavy atom. The molecule has 1 aromatic rings. The zero-order chi connectivity index (χ0) is 13.3. The summed E-state index contributed by atoms with van der Waals surface area (Å²) in [7, 11) is -3.12. The molecule has 0 spiro atoms. The summed E-state index contributed by atoms with van der Waals surface area (Å²) in [5, 5.41) is 4.78. The maximum atomic E-state index is 11.8. The van der Waals surface area contributed by atoms with Crippen molar-refractivity contribution in [1.82, 2.24) is 10.3 Å². The number of nitrogens with zero attached hydrogens (tertiary/aromatic N) is 1. The van der Waals surface area contributed by atoms with Crippen molar-refractivity contribution >= 4 is 27.1 Å². The summed E-state index contributed by atoms with van der Waals surface area (Å²) >= 11 is 1.49. The highest BCUT2D eigenvalue weighted by Gasteiger charge is 2.23. The second kappa shape index (κ2) is 4.81. The second-order valence-corrected chi connectivity index (χ2v) is 7.47. The Hall–Kier alpha value is -1.21. The van der Waals surface area contributed by atoms with E-state index < -0.39 is 15.9 Å². The summed E-state index contributed by atoms with van der Waals surface area (Å²) < 4.78 is 22.4. The summed E-state index contributed by atoms with van der Waals surface area (Å²) in [5.74, 6) is -0.215. The van der Waals surface area contributed by atoms with Crippen molar-refractivity contribution in [2.24, 2.45) is 0 Å². The number of amides is 1. The molecule has 7 heteroatoms. The fourth-order valence-electron chi connectivity index (χ4n) is 1.81. The van der Waals surface area contributed by atoms with Crippen LogP contribution < -0.4 is 5.32 Å². The average Bonchev–Trinajstić information content (AvgIpc) is 2.70. The van der Waals surface area contributed by atoms with Gasteiger partial charge in [0.1, 0.15) is 0 Å². The Balaban J connectivity index is 1.94. The van der Waals surface area contributed by atoms with Crippen LogP contribution in [0.25, 0.3) is 0 Å². The van der Waals surface area contributed by atoms with Crippen molar-refractivity contribution in [3.8, 4) is 0 Å². The fourth-order valence-corrected chi connectivity index (χ4v) is 3.98. The molecule has 0 fully saturated rings. The third-order valence-corrected chi connectivity index (χ3v) is 5.07. The highest BCUT2D eigenvalue weighted by atomic mass is 32.2. The molecule has 0 radical (unpaired) electrons. The van der Waals surface area contributed by atoms with E-state index in [-0.39, 0.29) is 18.1 Å². The van der Waals surface area contributed by atoms with Gasteiger partial charge in [0.2, 0.25) is 5.91 Å². The van der Waals surface area contributed by atoms with E-state index >= 15 is 0 Å². The van der Waals surface area contributed by atoms with Crippen LogP contribution in [0.15, 0.2) is 11.5 Å². The Labute approximate surface area is 110 Å². The van der Waals surface area contributed by atoms with Gasteiger partial charge in [0.25, 0.3) is 0 Å². The zero-order valence-corrected chi connectivity index (χ0v) is 11.8. The lowest BCUT2D eigenvalue weighted by molar-refractivity contribution is -0.120. The minimum absolute atomic E-state index is 0.0422. The first-order valence-corrected chi connectivity index (χ1v) is 8.02. The van der Waals surface area contributed by atoms with E-state index in [9.17, 15) is 13.2 Å². The van der Waals surface area contributed by atoms with Gasteiger partial charge >= 0.3 is 0 Å². The summed E-state index contributed by atoms with van der Waals surface area (Å²) in [6.07, 6.45) is 1.76. The Kier molecular flexibility index (Phi) is 3.54. The van der Waals surface area contributed by atoms with Crippen LogP contribution in [-0.2, 0) is 21.1 Å². The predicted molar refractivity (Wildman–Crippen MR) is 70.1 cm³/mol. The molecule has 0 saturated heterocycles. The lowest BCUT2D eigenvalue weighted by atomic mass is 10.2. The molecule has 18 heavy (non-hydrogen) atoms. The maximum absolute atomic E-state index is 11.8. The highest BCUT2D eigenvalue weighted by Crippen LogP contribution is 2.17. The lowest BCUT2D eigenvalue weighted by Gasteiger charge is -2.09. The van der Waals surface area contributed by atoms with Crippen LogP contribution in [0.4, 0.5) is 0 Å². The van der Waals surface area contributed by atoms with Gasteiger partial charge in [-0.3, -0.25) is 4.79 Å². The van der Waals surface area contributed by atoms with Crippen molar-refractivity contribution in [3.63, 3.8) is 0 Å². The van der Waals surface area contributed by atoms with Crippen LogP contribution in [0.3, 0.4) is 0 Å². The minimum Gasteiger partial charge on any atom is -0.349 e. The van der Waals surface area contributed by atoms with E-state index in [0.29, 0.717) is 0 Å². The van der Waals surface area contributed by atoms with Gasteiger partial charge in [-0.25, -0.2) is 13.4 Å². The summed E-state index contributed by atoms with van der Waals surface area (Å²) in [6, 6.07) is -0.406. The number of carbonyl (C=O) groups excluding carboxylic acids is 1. The smallest absolute Gasteiger partial charge is 0.225 e. The largest absolute Gasteiger partial charge is 0.349 e. The van der Waals surface area contributed by atoms with Crippen molar-refractivity contribution in [3.05, 3.63) is 27.1 Å². The van der Waals surface area contributed by atoms with E-state index in [4.69, 9.17) is 0 Å². The Bertz CT molecular complexity index is 602. The molecule has 98 valence electrons. The molecule has 0 bridgehead atoms. The standard InChI is InChI=1S/C11H14N2O3S2/c1-7-10(17-8(2)12-7)5-11(14)13-9-3-4-18(15,16)6-9/h3-4,9H,5-6H2,1-2H3,(H,13,14)/t9-/m0/s1. The molecule has 1 amide bonds. The molecule has 1 atom stereocenters. The van der Waals surface area contributed by atoms with Gasteiger partial charge < -0.3 is 5.32 Å². The third-order valence-electron chi connectivity index (χ3n) is 2.60. The molecule has 2 heterocycles. The van der Waals surface area contributed by atoms with Gasteiger partial charge in [-0.15, -0.1) is 11.3 Å². The van der Waals surface area contributed by atoms with Crippen molar-refractivity contribution in [1.29, 1.82) is 0 Å². The molecule has 1 aliphatic heterocycles. The molecule has 0 unspecified atom stereocenters. The second-order valence-electron chi connectivity index (χ2n) is 4.25. The van der Waals surface area contributed by atoms with Gasteiger partial charge in [-0.1, -0.05) is 0 Å². The number of sulfone groups is 1. The third kappa shape index (κ3) is 3.17. The van der Waals surface area contributed by atoms with Crippen molar-refractivity contribution in [2.75, 3.05) is 5.75 Å². The Morgan fingerprint density at radius 3 is 2.78 bits per heavy atom. The van der Waals surface area contributed by atoms with Crippen molar-refractivity contribution < 1.29 is 13.2 Å². The van der Waals surface area contributed by atoms with Crippen LogP contribution in [0, 0.1) is 13.8 Å². The average molecular weight is 286 g/mol. The molecule has 1 aliphatic rings. The first-order valence-electron chi connectivity index (χ1n) is 5.49. The number of hydrogen-bond acceptors (Lipinski definition) is 5. The predicted octanol–water partition coefficient (Wildman–Crippen LogP) is 0.729. The molecule has 5 nitrogen and oxygen atoms in total. The van der Waals surface area contributed by atoms with E-state index in [1.807, 2.05) is 13.8 Å². The number of aryl methyl sites for hydroxylation is 2. The van der Waals surface area contributed by atoms with Gasteiger partial charge in [0.15, 0.2) is 9.84 Å². The normalized spacial score (nSPS) is 21.1. The molecule has 2 rings (SSSR count). The molecule has 0 saturated carbocycles.